The van der Waals surface area contributed by atoms with Crippen molar-refractivity contribution in [3.63, 3.8) is 0 Å². The highest BCUT2D eigenvalue weighted by Gasteiger charge is 2.34. The first-order chi connectivity index (χ1) is 12.8. The minimum atomic E-state index is -3.54. The van der Waals surface area contributed by atoms with E-state index in [4.69, 9.17) is 9.47 Å². The van der Waals surface area contributed by atoms with Crippen LogP contribution in [0.5, 0.6) is 11.5 Å². The molecule has 1 aliphatic rings. The Bertz CT molecular complexity index is 941. The van der Waals surface area contributed by atoms with Gasteiger partial charge in [0.1, 0.15) is 11.5 Å². The van der Waals surface area contributed by atoms with E-state index in [9.17, 15) is 13.2 Å². The fourth-order valence-corrected chi connectivity index (χ4v) is 3.76. The summed E-state index contributed by atoms with van der Waals surface area (Å²) in [5, 5.41) is 2.79. The summed E-state index contributed by atoms with van der Waals surface area (Å²) in [6, 6.07) is 12.6. The fraction of sp³-hybridized carbons (Fsp3) is 0.316. The predicted octanol–water partition coefficient (Wildman–Crippen LogP) is 1.85. The van der Waals surface area contributed by atoms with E-state index in [1.165, 1.54) is 4.31 Å². The van der Waals surface area contributed by atoms with Crippen LogP contribution in [0.3, 0.4) is 0 Å². The zero-order valence-corrected chi connectivity index (χ0v) is 16.2. The highest BCUT2D eigenvalue weighted by molar-refractivity contribution is 7.92. The molecule has 0 aliphatic carbocycles. The first-order valence-electron chi connectivity index (χ1n) is 8.43. The number of methoxy groups -OCH3 is 1. The van der Waals surface area contributed by atoms with Crippen LogP contribution in [0, 0.1) is 6.92 Å². The average molecular weight is 390 g/mol. The molecule has 0 bridgehead atoms. The van der Waals surface area contributed by atoms with Crippen molar-refractivity contribution in [1.29, 1.82) is 0 Å². The first-order valence-corrected chi connectivity index (χ1v) is 10.3. The van der Waals surface area contributed by atoms with Gasteiger partial charge in [0.2, 0.25) is 10.0 Å². The summed E-state index contributed by atoms with van der Waals surface area (Å²) in [5.74, 6) is 0.740. The van der Waals surface area contributed by atoms with Crippen LogP contribution in [0.15, 0.2) is 42.5 Å². The minimum absolute atomic E-state index is 0.0657. The Morgan fingerprint density at radius 1 is 1.26 bits per heavy atom. The molecule has 144 valence electrons. The number of hydrogen-bond acceptors (Lipinski definition) is 5. The number of aryl methyl sites for hydroxylation is 1. The van der Waals surface area contributed by atoms with Crippen LogP contribution in [-0.2, 0) is 21.4 Å². The van der Waals surface area contributed by atoms with Crippen molar-refractivity contribution in [2.75, 3.05) is 24.2 Å². The minimum Gasteiger partial charge on any atom is -0.497 e. The second kappa shape index (κ2) is 7.48. The third kappa shape index (κ3) is 4.33. The van der Waals surface area contributed by atoms with Gasteiger partial charge in [-0.15, -0.1) is 0 Å². The Balaban J connectivity index is 1.74. The molecule has 1 heterocycles. The van der Waals surface area contributed by atoms with Gasteiger partial charge in [-0.05, 0) is 42.3 Å². The lowest BCUT2D eigenvalue weighted by Crippen LogP contribution is -2.50. The molecule has 8 heteroatoms. The number of rotatable bonds is 5. The van der Waals surface area contributed by atoms with Crippen LogP contribution < -0.4 is 19.1 Å². The molecule has 7 nitrogen and oxygen atoms in total. The summed E-state index contributed by atoms with van der Waals surface area (Å²) in [7, 11) is -1.95. The van der Waals surface area contributed by atoms with Gasteiger partial charge in [0.15, 0.2) is 6.10 Å². The summed E-state index contributed by atoms with van der Waals surface area (Å²) in [6.07, 6.45) is 0.199. The number of anilines is 1. The number of nitrogens with one attached hydrogen (secondary N) is 1. The third-order valence-electron chi connectivity index (χ3n) is 4.30. The zero-order valence-electron chi connectivity index (χ0n) is 15.4. The molecule has 27 heavy (non-hydrogen) atoms. The van der Waals surface area contributed by atoms with E-state index in [2.05, 4.69) is 5.32 Å². The molecule has 1 amide bonds. The van der Waals surface area contributed by atoms with Crippen molar-refractivity contribution >= 4 is 21.6 Å². The Morgan fingerprint density at radius 3 is 2.59 bits per heavy atom. The topological polar surface area (TPSA) is 84.9 Å². The lowest BCUT2D eigenvalue weighted by Gasteiger charge is -2.34. The molecule has 0 radical (unpaired) electrons. The molecule has 1 aliphatic heterocycles. The van der Waals surface area contributed by atoms with E-state index in [0.29, 0.717) is 18.0 Å². The maximum Gasteiger partial charge on any atom is 0.263 e. The molecule has 0 unspecified atom stereocenters. The number of carbonyl (C=O) groups is 1. The normalized spacial score (nSPS) is 16.3. The van der Waals surface area contributed by atoms with Gasteiger partial charge >= 0.3 is 0 Å². The van der Waals surface area contributed by atoms with Crippen LogP contribution in [-0.4, -0.2) is 40.3 Å². The number of benzene rings is 2. The molecule has 1 atom stereocenters. The fourth-order valence-electron chi connectivity index (χ4n) is 2.86. The monoisotopic (exact) mass is 390 g/mol. The molecular weight excluding hydrogens is 368 g/mol. The van der Waals surface area contributed by atoms with E-state index in [1.807, 2.05) is 37.3 Å². The molecule has 3 rings (SSSR count). The van der Waals surface area contributed by atoms with Gasteiger partial charge in [-0.3, -0.25) is 9.10 Å². The number of ether oxygens (including phenoxy) is 2. The van der Waals surface area contributed by atoms with Gasteiger partial charge < -0.3 is 14.8 Å². The number of fused-ring (bicyclic) bond motifs is 1. The molecule has 2 aromatic carbocycles. The van der Waals surface area contributed by atoms with Crippen LogP contribution in [0.2, 0.25) is 0 Å². The van der Waals surface area contributed by atoms with Crippen LogP contribution >= 0.6 is 0 Å². The van der Waals surface area contributed by atoms with E-state index in [1.54, 1.807) is 19.2 Å². The number of hydrogen-bond donors (Lipinski definition) is 1. The number of sulfonamides is 1. The lowest BCUT2D eigenvalue weighted by molar-refractivity contribution is -0.127. The van der Waals surface area contributed by atoms with Gasteiger partial charge in [-0.2, -0.15) is 0 Å². The third-order valence-corrected chi connectivity index (χ3v) is 5.45. The second-order valence-corrected chi connectivity index (χ2v) is 8.34. The van der Waals surface area contributed by atoms with E-state index < -0.39 is 16.1 Å². The number of nitrogens with zero attached hydrogens (tertiary/aromatic N) is 1. The van der Waals surface area contributed by atoms with E-state index >= 15 is 0 Å². The highest BCUT2D eigenvalue weighted by Crippen LogP contribution is 2.35. The van der Waals surface area contributed by atoms with Crippen molar-refractivity contribution in [1.82, 2.24) is 5.32 Å². The second-order valence-electron chi connectivity index (χ2n) is 6.44. The summed E-state index contributed by atoms with van der Waals surface area (Å²) < 4.78 is 36.5. The molecule has 0 saturated heterocycles. The standard InChI is InChI=1S/C19H22N2O5S/c1-13-4-9-17-16(10-13)21(27(3,23)24)12-18(26-17)19(22)20-11-14-5-7-15(25-2)8-6-14/h4-10,18H,11-12H2,1-3H3,(H,20,22)/t18-/m1/s1. The van der Waals surface area contributed by atoms with Gasteiger partial charge in [-0.25, -0.2) is 8.42 Å². The summed E-state index contributed by atoms with van der Waals surface area (Å²) in [6.45, 7) is 2.11. The Kier molecular flexibility index (Phi) is 5.27. The smallest absolute Gasteiger partial charge is 0.263 e. The van der Waals surface area contributed by atoms with Crippen molar-refractivity contribution in [2.45, 2.75) is 19.6 Å². The van der Waals surface area contributed by atoms with E-state index in [-0.39, 0.29) is 12.5 Å². The Morgan fingerprint density at radius 2 is 1.96 bits per heavy atom. The maximum atomic E-state index is 12.6. The Hall–Kier alpha value is -2.74. The lowest BCUT2D eigenvalue weighted by atomic mass is 10.1. The molecular formula is C19H22N2O5S. The predicted molar refractivity (Wildman–Crippen MR) is 103 cm³/mol. The maximum absolute atomic E-state index is 12.6. The highest BCUT2D eigenvalue weighted by atomic mass is 32.2. The van der Waals surface area contributed by atoms with Crippen molar-refractivity contribution in [3.8, 4) is 11.5 Å². The number of amides is 1. The quantitative estimate of drug-likeness (QED) is 0.842. The SMILES string of the molecule is COc1ccc(CNC(=O)[C@H]2CN(S(C)(=O)=O)c3cc(C)ccc3O2)cc1. The van der Waals surface area contributed by atoms with Gasteiger partial charge in [0.05, 0.1) is 25.6 Å². The molecule has 0 fully saturated rings. The number of carbonyl (C=O) groups excluding carboxylic acids is 1. The summed E-state index contributed by atoms with van der Waals surface area (Å²) >= 11 is 0. The molecule has 0 aromatic heterocycles. The molecule has 1 N–H and O–H groups in total. The first kappa shape index (κ1) is 19.0. The van der Waals surface area contributed by atoms with Crippen LogP contribution in [0.25, 0.3) is 0 Å². The van der Waals surface area contributed by atoms with Crippen molar-refractivity contribution < 1.29 is 22.7 Å². The van der Waals surface area contributed by atoms with E-state index in [0.717, 1.165) is 23.1 Å². The molecule has 2 aromatic rings. The van der Waals surface area contributed by atoms with Crippen LogP contribution in [0.1, 0.15) is 11.1 Å². The Labute approximate surface area is 158 Å². The largest absolute Gasteiger partial charge is 0.497 e. The van der Waals surface area contributed by atoms with Crippen LogP contribution in [0.4, 0.5) is 5.69 Å². The van der Waals surface area contributed by atoms with Gasteiger partial charge in [-0.1, -0.05) is 18.2 Å². The van der Waals surface area contributed by atoms with Gasteiger partial charge in [0.25, 0.3) is 5.91 Å². The molecule has 0 spiro atoms. The van der Waals surface area contributed by atoms with Crippen molar-refractivity contribution in [2.24, 2.45) is 0 Å². The van der Waals surface area contributed by atoms with Gasteiger partial charge in [0, 0.05) is 6.54 Å². The summed E-state index contributed by atoms with van der Waals surface area (Å²) in [5.41, 5.74) is 2.26. The summed E-state index contributed by atoms with van der Waals surface area (Å²) in [4.78, 5) is 12.6. The van der Waals surface area contributed by atoms with Crippen molar-refractivity contribution in [3.05, 3.63) is 53.6 Å². The molecule has 0 saturated carbocycles. The average Bonchev–Trinajstić information content (AvgIpc) is 2.64. The zero-order chi connectivity index (χ0) is 19.6.